The third-order valence-electron chi connectivity index (χ3n) is 3.55. The van der Waals surface area contributed by atoms with Gasteiger partial charge in [0, 0.05) is 18.2 Å². The normalized spacial score (nSPS) is 10.2. The second-order valence-electron chi connectivity index (χ2n) is 5.04. The zero-order valence-corrected chi connectivity index (χ0v) is 12.4. The summed E-state index contributed by atoms with van der Waals surface area (Å²) in [6.45, 7) is 4.06. The molecule has 2 aromatic carbocycles. The molecule has 0 saturated carbocycles. The molecule has 0 aliphatic carbocycles. The van der Waals surface area contributed by atoms with Gasteiger partial charge in [0.25, 0.3) is 5.91 Å². The molecule has 0 bridgehead atoms. The first-order valence-corrected chi connectivity index (χ1v) is 6.67. The lowest BCUT2D eigenvalue weighted by Crippen LogP contribution is -2.19. The van der Waals surface area contributed by atoms with Crippen LogP contribution in [0.15, 0.2) is 36.4 Å². The second kappa shape index (κ2) is 5.79. The molecule has 0 radical (unpaired) electrons. The highest BCUT2D eigenvalue weighted by molar-refractivity contribution is 6.00. The number of benzene rings is 2. The van der Waals surface area contributed by atoms with Crippen LogP contribution in [0.5, 0.6) is 0 Å². The Balaban J connectivity index is 2.61. The first-order valence-electron chi connectivity index (χ1n) is 6.67. The maximum absolute atomic E-state index is 11.8. The summed E-state index contributed by atoms with van der Waals surface area (Å²) in [5, 5.41) is 2.56. The van der Waals surface area contributed by atoms with Crippen molar-refractivity contribution in [3.63, 3.8) is 0 Å². The number of hydrogen-bond acceptors (Lipinski definition) is 2. The number of nitrogens with two attached hydrogens (primary N) is 1. The molecule has 0 fully saturated rings. The molecule has 0 saturated heterocycles. The number of nitrogens with one attached hydrogen (secondary N) is 1. The molecule has 0 unspecified atom stereocenters. The molecule has 2 aromatic rings. The quantitative estimate of drug-likeness (QED) is 0.907. The molecule has 3 N–H and O–H groups in total. The Morgan fingerprint density at radius 3 is 2.14 bits per heavy atom. The second-order valence-corrected chi connectivity index (χ2v) is 5.04. The summed E-state index contributed by atoms with van der Waals surface area (Å²) in [5.74, 6) is -0.797. The number of amides is 2. The van der Waals surface area contributed by atoms with E-state index in [0.29, 0.717) is 11.1 Å². The van der Waals surface area contributed by atoms with E-state index in [9.17, 15) is 9.59 Å². The third kappa shape index (κ3) is 3.11. The van der Waals surface area contributed by atoms with Crippen molar-refractivity contribution < 1.29 is 9.59 Å². The van der Waals surface area contributed by atoms with Gasteiger partial charge in [-0.3, -0.25) is 9.59 Å². The number of carbonyl (C=O) groups is 2. The van der Waals surface area contributed by atoms with Crippen LogP contribution in [0.4, 0.5) is 0 Å². The van der Waals surface area contributed by atoms with Crippen LogP contribution in [-0.4, -0.2) is 18.9 Å². The van der Waals surface area contributed by atoms with Crippen molar-refractivity contribution >= 4 is 11.8 Å². The van der Waals surface area contributed by atoms with Gasteiger partial charge in [-0.05, 0) is 54.3 Å². The van der Waals surface area contributed by atoms with E-state index >= 15 is 0 Å². The minimum absolute atomic E-state index is 0.247. The first kappa shape index (κ1) is 14.8. The smallest absolute Gasteiger partial charge is 0.251 e. The van der Waals surface area contributed by atoms with Gasteiger partial charge in [0.2, 0.25) is 5.91 Å². The number of hydrogen-bond donors (Lipinski definition) is 2. The number of carbonyl (C=O) groups excluding carboxylic acids is 2. The van der Waals surface area contributed by atoms with Crippen LogP contribution < -0.4 is 11.1 Å². The molecule has 0 aliphatic heterocycles. The van der Waals surface area contributed by atoms with Gasteiger partial charge in [-0.2, -0.15) is 0 Å². The molecule has 2 rings (SSSR count). The van der Waals surface area contributed by atoms with E-state index in [1.54, 1.807) is 19.2 Å². The van der Waals surface area contributed by atoms with Crippen molar-refractivity contribution in [1.29, 1.82) is 0 Å². The fraction of sp³-hybridized carbons (Fsp3) is 0.176. The Hall–Kier alpha value is -2.62. The lowest BCUT2D eigenvalue weighted by atomic mass is 9.96. The van der Waals surface area contributed by atoms with Gasteiger partial charge in [0.05, 0.1) is 0 Å². The van der Waals surface area contributed by atoms with Crippen LogP contribution in [0.3, 0.4) is 0 Å². The molecule has 0 aromatic heterocycles. The van der Waals surface area contributed by atoms with Crippen LogP contribution in [-0.2, 0) is 0 Å². The third-order valence-corrected chi connectivity index (χ3v) is 3.55. The topological polar surface area (TPSA) is 72.2 Å². The summed E-state index contributed by atoms with van der Waals surface area (Å²) in [7, 11) is 1.55. The van der Waals surface area contributed by atoms with Gasteiger partial charge in [0.15, 0.2) is 0 Å². The van der Waals surface area contributed by atoms with Gasteiger partial charge in [-0.1, -0.05) is 18.2 Å². The zero-order valence-electron chi connectivity index (χ0n) is 12.4. The number of primary amides is 1. The fourth-order valence-corrected chi connectivity index (χ4v) is 2.13. The summed E-state index contributed by atoms with van der Waals surface area (Å²) in [4.78, 5) is 23.3. The van der Waals surface area contributed by atoms with E-state index in [0.717, 1.165) is 16.7 Å². The zero-order chi connectivity index (χ0) is 15.6. The molecular weight excluding hydrogens is 264 g/mol. The average Bonchev–Trinajstić information content (AvgIpc) is 2.48. The molecule has 0 heterocycles. The Morgan fingerprint density at radius 2 is 1.57 bits per heavy atom. The highest BCUT2D eigenvalue weighted by Crippen LogP contribution is 2.24. The van der Waals surface area contributed by atoms with E-state index in [4.69, 9.17) is 5.73 Å². The Kier molecular flexibility index (Phi) is 4.08. The predicted octanol–water partition coefficient (Wildman–Crippen LogP) is 2.43. The van der Waals surface area contributed by atoms with Crippen molar-refractivity contribution in [2.45, 2.75) is 13.8 Å². The number of rotatable bonds is 3. The monoisotopic (exact) mass is 282 g/mol. The van der Waals surface area contributed by atoms with Crippen molar-refractivity contribution in [2.24, 2.45) is 5.73 Å². The van der Waals surface area contributed by atoms with Crippen molar-refractivity contribution in [3.8, 4) is 11.1 Å². The Bertz CT molecular complexity index is 721. The maximum Gasteiger partial charge on any atom is 0.251 e. The number of aryl methyl sites for hydroxylation is 2. The van der Waals surface area contributed by atoms with Crippen LogP contribution >= 0.6 is 0 Å². The average molecular weight is 282 g/mol. The molecule has 0 aliphatic rings. The van der Waals surface area contributed by atoms with E-state index in [2.05, 4.69) is 5.32 Å². The van der Waals surface area contributed by atoms with E-state index < -0.39 is 5.91 Å². The molecule has 2 amide bonds. The molecule has 4 nitrogen and oxygen atoms in total. The molecule has 0 spiro atoms. The summed E-state index contributed by atoms with van der Waals surface area (Å²) in [5.41, 5.74) is 10.2. The van der Waals surface area contributed by atoms with Crippen LogP contribution in [0.1, 0.15) is 31.8 Å². The van der Waals surface area contributed by atoms with Crippen molar-refractivity contribution in [3.05, 3.63) is 58.7 Å². The first-order chi connectivity index (χ1) is 9.92. The standard InChI is InChI=1S/C17H18N2O2/c1-10-4-5-12(6-11(10)2)13-7-14(16(18)20)9-15(8-13)17(21)19-3/h4-9H,1-3H3,(H2,18,20)(H,19,21). The van der Waals surface area contributed by atoms with Gasteiger partial charge in [-0.15, -0.1) is 0 Å². The lowest BCUT2D eigenvalue weighted by Gasteiger charge is -2.09. The molecule has 108 valence electrons. The fourth-order valence-electron chi connectivity index (χ4n) is 2.13. The Labute approximate surface area is 124 Å². The maximum atomic E-state index is 11.8. The molecule has 4 heteroatoms. The molecule has 0 atom stereocenters. The molecule has 21 heavy (non-hydrogen) atoms. The summed E-state index contributed by atoms with van der Waals surface area (Å²) in [6, 6.07) is 11.0. The predicted molar refractivity (Wildman–Crippen MR) is 83.3 cm³/mol. The Morgan fingerprint density at radius 1 is 0.905 bits per heavy atom. The SMILES string of the molecule is CNC(=O)c1cc(C(N)=O)cc(-c2ccc(C)c(C)c2)c1. The highest BCUT2D eigenvalue weighted by Gasteiger charge is 2.11. The van der Waals surface area contributed by atoms with Crippen LogP contribution in [0.25, 0.3) is 11.1 Å². The molecular formula is C17H18N2O2. The van der Waals surface area contributed by atoms with E-state index in [-0.39, 0.29) is 5.91 Å². The van der Waals surface area contributed by atoms with E-state index in [1.165, 1.54) is 11.6 Å². The largest absolute Gasteiger partial charge is 0.366 e. The summed E-state index contributed by atoms with van der Waals surface area (Å²) in [6.07, 6.45) is 0. The van der Waals surface area contributed by atoms with Crippen molar-refractivity contribution in [2.75, 3.05) is 7.05 Å². The van der Waals surface area contributed by atoms with Crippen LogP contribution in [0, 0.1) is 13.8 Å². The minimum atomic E-state index is -0.550. The van der Waals surface area contributed by atoms with Crippen molar-refractivity contribution in [1.82, 2.24) is 5.32 Å². The van der Waals surface area contributed by atoms with E-state index in [1.807, 2.05) is 32.0 Å². The van der Waals surface area contributed by atoms with Crippen LogP contribution in [0.2, 0.25) is 0 Å². The minimum Gasteiger partial charge on any atom is -0.366 e. The van der Waals surface area contributed by atoms with Gasteiger partial charge >= 0.3 is 0 Å². The summed E-state index contributed by atoms with van der Waals surface area (Å²) >= 11 is 0. The van der Waals surface area contributed by atoms with Gasteiger partial charge in [0.1, 0.15) is 0 Å². The van der Waals surface area contributed by atoms with Gasteiger partial charge < -0.3 is 11.1 Å². The highest BCUT2D eigenvalue weighted by atomic mass is 16.2. The lowest BCUT2D eigenvalue weighted by molar-refractivity contribution is 0.0963. The summed E-state index contributed by atoms with van der Waals surface area (Å²) < 4.78 is 0. The van der Waals surface area contributed by atoms with Gasteiger partial charge in [-0.25, -0.2) is 0 Å².